The van der Waals surface area contributed by atoms with Crippen LogP contribution < -0.4 is 9.64 Å². The van der Waals surface area contributed by atoms with Gasteiger partial charge in [-0.15, -0.1) is 0 Å². The van der Waals surface area contributed by atoms with E-state index in [9.17, 15) is 15.3 Å². The lowest BCUT2D eigenvalue weighted by molar-refractivity contribution is 0.0477. The first-order valence-electron chi connectivity index (χ1n) is 8.33. The van der Waals surface area contributed by atoms with Gasteiger partial charge in [-0.1, -0.05) is 18.2 Å². The Morgan fingerprint density at radius 1 is 1.12 bits per heavy atom. The number of hydrogen-bond acceptors (Lipinski definition) is 5. The molecule has 0 aromatic heterocycles. The molecule has 25 heavy (non-hydrogen) atoms. The Hall–Kier alpha value is -2.66. The summed E-state index contributed by atoms with van der Waals surface area (Å²) in [6, 6.07) is 10.9. The summed E-state index contributed by atoms with van der Waals surface area (Å²) in [7, 11) is 0. The molecule has 2 heterocycles. The number of rotatable bonds is 2. The lowest BCUT2D eigenvalue weighted by Gasteiger charge is -2.47. The molecule has 0 saturated heterocycles. The van der Waals surface area contributed by atoms with Gasteiger partial charge >= 0.3 is 0 Å². The molecule has 0 radical (unpaired) electrons. The zero-order valence-corrected chi connectivity index (χ0v) is 14.2. The molecule has 3 N–H and O–H groups in total. The Morgan fingerprint density at radius 3 is 2.64 bits per heavy atom. The SMILES string of the molecule is CC1(C)c2ccccc2N(CCO)C12C=Cc1cc(O)cc(O)c1O2. The number of para-hydroxylation sites is 1. The van der Waals surface area contributed by atoms with Crippen molar-refractivity contribution < 1.29 is 20.1 Å². The lowest BCUT2D eigenvalue weighted by Crippen LogP contribution is -2.60. The molecule has 2 aromatic carbocycles. The molecule has 4 rings (SSSR count). The van der Waals surface area contributed by atoms with E-state index in [4.69, 9.17) is 4.74 Å². The Morgan fingerprint density at radius 2 is 1.88 bits per heavy atom. The fourth-order valence-corrected chi connectivity index (χ4v) is 4.06. The second-order valence-corrected chi connectivity index (χ2v) is 7.03. The van der Waals surface area contributed by atoms with Crippen LogP contribution in [0, 0.1) is 0 Å². The molecule has 2 aromatic rings. The number of aromatic hydroxyl groups is 2. The highest BCUT2D eigenvalue weighted by atomic mass is 16.5. The van der Waals surface area contributed by atoms with Crippen LogP contribution in [0.5, 0.6) is 17.2 Å². The van der Waals surface area contributed by atoms with Crippen LogP contribution in [-0.2, 0) is 5.41 Å². The quantitative estimate of drug-likeness (QED) is 0.784. The Labute approximate surface area is 146 Å². The van der Waals surface area contributed by atoms with E-state index in [0.29, 0.717) is 17.9 Å². The maximum atomic E-state index is 10.3. The number of phenolic OH excluding ortho intramolecular Hbond substituents is 2. The summed E-state index contributed by atoms with van der Waals surface area (Å²) in [5, 5.41) is 29.6. The second kappa shape index (κ2) is 5.17. The average molecular weight is 339 g/mol. The van der Waals surface area contributed by atoms with Crippen molar-refractivity contribution in [2.45, 2.75) is 25.0 Å². The molecule has 1 atom stereocenters. The largest absolute Gasteiger partial charge is 0.508 e. The summed E-state index contributed by atoms with van der Waals surface area (Å²) >= 11 is 0. The van der Waals surface area contributed by atoms with Crippen LogP contribution in [0.2, 0.25) is 0 Å². The van der Waals surface area contributed by atoms with Crippen molar-refractivity contribution in [3.63, 3.8) is 0 Å². The van der Waals surface area contributed by atoms with Crippen LogP contribution in [0.15, 0.2) is 42.5 Å². The number of aliphatic hydroxyl groups excluding tert-OH is 1. The molecule has 5 nitrogen and oxygen atoms in total. The van der Waals surface area contributed by atoms with Gasteiger partial charge in [0.25, 0.3) is 0 Å². The van der Waals surface area contributed by atoms with Crippen LogP contribution in [-0.4, -0.2) is 34.2 Å². The summed E-state index contributed by atoms with van der Waals surface area (Å²) < 4.78 is 6.40. The first kappa shape index (κ1) is 15.8. The molecule has 0 fully saturated rings. The number of fused-ring (bicyclic) bond motifs is 2. The topological polar surface area (TPSA) is 73.2 Å². The summed E-state index contributed by atoms with van der Waals surface area (Å²) in [5.41, 5.74) is 1.46. The van der Waals surface area contributed by atoms with Crippen molar-refractivity contribution in [3.05, 3.63) is 53.6 Å². The van der Waals surface area contributed by atoms with Gasteiger partial charge < -0.3 is 25.0 Å². The predicted octanol–water partition coefficient (Wildman–Crippen LogP) is 2.99. The molecule has 2 aliphatic rings. The molecule has 1 unspecified atom stereocenters. The van der Waals surface area contributed by atoms with E-state index in [0.717, 1.165) is 11.3 Å². The van der Waals surface area contributed by atoms with E-state index in [1.54, 1.807) is 6.07 Å². The number of β-amino-alcohol motifs (C(OH)–C–C–N with tert-alkyl or cyclic N) is 1. The minimum absolute atomic E-state index is 0.0124. The minimum Gasteiger partial charge on any atom is -0.508 e. The number of ether oxygens (including phenoxy) is 1. The third-order valence-corrected chi connectivity index (χ3v) is 5.32. The lowest BCUT2D eigenvalue weighted by atomic mass is 9.76. The van der Waals surface area contributed by atoms with Gasteiger partial charge in [0.1, 0.15) is 5.75 Å². The smallest absolute Gasteiger partial charge is 0.212 e. The van der Waals surface area contributed by atoms with Crippen molar-refractivity contribution >= 4 is 11.8 Å². The van der Waals surface area contributed by atoms with Gasteiger partial charge in [0.15, 0.2) is 11.5 Å². The molecule has 0 saturated carbocycles. The molecule has 130 valence electrons. The zero-order valence-electron chi connectivity index (χ0n) is 14.2. The Balaban J connectivity index is 1.92. The van der Waals surface area contributed by atoms with Gasteiger partial charge in [0, 0.05) is 23.9 Å². The maximum absolute atomic E-state index is 10.3. The van der Waals surface area contributed by atoms with E-state index in [-0.39, 0.29) is 18.1 Å². The van der Waals surface area contributed by atoms with Crippen LogP contribution in [0.3, 0.4) is 0 Å². The average Bonchev–Trinajstić information content (AvgIpc) is 2.75. The van der Waals surface area contributed by atoms with Gasteiger partial charge in [-0.3, -0.25) is 0 Å². The van der Waals surface area contributed by atoms with Gasteiger partial charge in [-0.25, -0.2) is 0 Å². The summed E-state index contributed by atoms with van der Waals surface area (Å²) in [4.78, 5) is 2.04. The van der Waals surface area contributed by atoms with Crippen LogP contribution >= 0.6 is 0 Å². The minimum atomic E-state index is -0.874. The highest BCUT2D eigenvalue weighted by molar-refractivity contribution is 5.74. The number of aliphatic hydroxyl groups is 1. The van der Waals surface area contributed by atoms with Crippen molar-refractivity contribution in [3.8, 4) is 17.2 Å². The van der Waals surface area contributed by atoms with E-state index in [1.807, 2.05) is 35.3 Å². The summed E-state index contributed by atoms with van der Waals surface area (Å²) in [5.74, 6) is 0.222. The number of phenols is 2. The zero-order chi connectivity index (χ0) is 17.8. The Kier molecular flexibility index (Phi) is 3.27. The molecular weight excluding hydrogens is 318 g/mol. The third-order valence-electron chi connectivity index (χ3n) is 5.32. The van der Waals surface area contributed by atoms with E-state index < -0.39 is 11.1 Å². The van der Waals surface area contributed by atoms with Crippen LogP contribution in [0.25, 0.3) is 6.08 Å². The molecule has 2 aliphatic heterocycles. The standard InChI is InChI=1S/C20H21NO4/c1-19(2)15-5-3-4-6-16(15)21(9-10-22)20(19)8-7-13-11-14(23)12-17(24)18(13)25-20/h3-8,11-12,22-24H,9-10H2,1-2H3. The molecule has 1 spiro atoms. The number of anilines is 1. The monoisotopic (exact) mass is 339 g/mol. The number of benzene rings is 2. The van der Waals surface area contributed by atoms with Crippen molar-refractivity contribution in [1.29, 1.82) is 0 Å². The fourth-order valence-electron chi connectivity index (χ4n) is 4.06. The number of hydrogen-bond donors (Lipinski definition) is 3. The highest BCUT2D eigenvalue weighted by Crippen LogP contribution is 2.56. The van der Waals surface area contributed by atoms with E-state index in [2.05, 4.69) is 19.9 Å². The highest BCUT2D eigenvalue weighted by Gasteiger charge is 2.58. The maximum Gasteiger partial charge on any atom is 0.212 e. The Bertz CT molecular complexity index is 874. The summed E-state index contributed by atoms with van der Waals surface area (Å²) in [6.07, 6.45) is 3.81. The number of nitrogens with zero attached hydrogens (tertiary/aromatic N) is 1. The van der Waals surface area contributed by atoms with Crippen molar-refractivity contribution in [2.24, 2.45) is 0 Å². The normalized spacial score (nSPS) is 22.6. The first-order valence-corrected chi connectivity index (χ1v) is 8.33. The van der Waals surface area contributed by atoms with Crippen molar-refractivity contribution in [2.75, 3.05) is 18.1 Å². The first-order chi connectivity index (χ1) is 11.9. The fraction of sp³-hybridized carbons (Fsp3) is 0.300. The van der Waals surface area contributed by atoms with Gasteiger partial charge in [-0.05, 0) is 43.7 Å². The van der Waals surface area contributed by atoms with Crippen molar-refractivity contribution in [1.82, 2.24) is 0 Å². The van der Waals surface area contributed by atoms with Gasteiger partial charge in [0.05, 0.1) is 12.0 Å². The van der Waals surface area contributed by atoms with E-state index in [1.165, 1.54) is 6.07 Å². The second-order valence-electron chi connectivity index (χ2n) is 7.03. The van der Waals surface area contributed by atoms with Crippen LogP contribution in [0.4, 0.5) is 5.69 Å². The van der Waals surface area contributed by atoms with E-state index >= 15 is 0 Å². The molecule has 0 bridgehead atoms. The molecule has 0 aliphatic carbocycles. The third kappa shape index (κ3) is 1.99. The molecule has 5 heteroatoms. The molecular formula is C20H21NO4. The van der Waals surface area contributed by atoms with Gasteiger partial charge in [0.2, 0.25) is 5.72 Å². The summed E-state index contributed by atoms with van der Waals surface area (Å²) in [6.45, 7) is 4.57. The van der Waals surface area contributed by atoms with Gasteiger partial charge in [-0.2, -0.15) is 0 Å². The van der Waals surface area contributed by atoms with Crippen LogP contribution in [0.1, 0.15) is 25.0 Å². The molecule has 0 amide bonds. The predicted molar refractivity (Wildman–Crippen MR) is 96.1 cm³/mol.